The maximum Gasteiger partial charge on any atom is 0.255 e. The van der Waals surface area contributed by atoms with Crippen molar-refractivity contribution < 1.29 is 9.18 Å². The smallest absolute Gasteiger partial charge is 0.255 e. The van der Waals surface area contributed by atoms with Gasteiger partial charge in [0.05, 0.1) is 21.4 Å². The normalized spacial score (nSPS) is 10.4. The number of amides is 1. The van der Waals surface area contributed by atoms with E-state index in [1.54, 1.807) is 0 Å². The Morgan fingerprint density at radius 2 is 1.95 bits per heavy atom. The second kappa shape index (κ2) is 5.99. The molecule has 2 aromatic rings. The molecular weight excluding hydrogens is 370 g/mol. The molecule has 0 saturated heterocycles. The molecule has 0 aromatic heterocycles. The van der Waals surface area contributed by atoms with E-state index in [1.165, 1.54) is 30.3 Å². The highest BCUT2D eigenvalue weighted by atomic mass is 79.9. The molecule has 3 N–H and O–H groups in total. The summed E-state index contributed by atoms with van der Waals surface area (Å²) in [5, 5.41) is 3.01. The van der Waals surface area contributed by atoms with E-state index in [2.05, 4.69) is 21.2 Å². The summed E-state index contributed by atoms with van der Waals surface area (Å²) < 4.78 is 13.4. The van der Waals surface area contributed by atoms with Crippen molar-refractivity contribution >= 4 is 56.4 Å². The van der Waals surface area contributed by atoms with E-state index < -0.39 is 11.7 Å². The van der Waals surface area contributed by atoms with Crippen LogP contribution < -0.4 is 11.1 Å². The van der Waals surface area contributed by atoms with Crippen LogP contribution in [0.5, 0.6) is 0 Å². The molecule has 2 aromatic carbocycles. The lowest BCUT2D eigenvalue weighted by molar-refractivity contribution is 0.102. The van der Waals surface area contributed by atoms with Gasteiger partial charge in [0.15, 0.2) is 0 Å². The molecule has 0 spiro atoms. The van der Waals surface area contributed by atoms with Crippen molar-refractivity contribution in [2.24, 2.45) is 0 Å². The van der Waals surface area contributed by atoms with Crippen molar-refractivity contribution in [3.8, 4) is 0 Å². The van der Waals surface area contributed by atoms with E-state index >= 15 is 0 Å². The number of halogens is 4. The summed E-state index contributed by atoms with van der Waals surface area (Å²) in [5.41, 5.74) is 6.55. The molecular formula is C13H8BrCl2FN2O. The Morgan fingerprint density at radius 3 is 2.55 bits per heavy atom. The summed E-state index contributed by atoms with van der Waals surface area (Å²) in [6.07, 6.45) is 0. The third-order valence-electron chi connectivity index (χ3n) is 2.50. The number of nitrogens with two attached hydrogens (primary N) is 1. The summed E-state index contributed by atoms with van der Waals surface area (Å²) in [5.74, 6) is -0.837. The van der Waals surface area contributed by atoms with E-state index in [9.17, 15) is 9.18 Å². The van der Waals surface area contributed by atoms with E-state index in [4.69, 9.17) is 28.9 Å². The Kier molecular flexibility index (Phi) is 4.52. The fourth-order valence-electron chi connectivity index (χ4n) is 1.53. The highest BCUT2D eigenvalue weighted by Gasteiger charge is 2.13. The van der Waals surface area contributed by atoms with Crippen molar-refractivity contribution in [1.29, 1.82) is 0 Å². The van der Waals surface area contributed by atoms with E-state index in [1.807, 2.05) is 0 Å². The van der Waals surface area contributed by atoms with Crippen LogP contribution in [0.1, 0.15) is 10.4 Å². The van der Waals surface area contributed by atoms with Crippen LogP contribution in [0.25, 0.3) is 0 Å². The number of nitrogens with one attached hydrogen (secondary N) is 1. The summed E-state index contributed by atoms with van der Waals surface area (Å²) in [6.45, 7) is 0. The molecule has 0 heterocycles. The first-order valence-electron chi connectivity index (χ1n) is 5.39. The molecule has 0 saturated carbocycles. The molecule has 0 fully saturated rings. The van der Waals surface area contributed by atoms with Gasteiger partial charge in [-0.2, -0.15) is 0 Å². The second-order valence-electron chi connectivity index (χ2n) is 3.94. The molecule has 0 bridgehead atoms. The highest BCUT2D eigenvalue weighted by Crippen LogP contribution is 2.30. The first-order chi connectivity index (χ1) is 9.38. The van der Waals surface area contributed by atoms with E-state index in [0.29, 0.717) is 10.2 Å². The molecule has 0 atom stereocenters. The molecule has 0 aliphatic heterocycles. The molecule has 0 aliphatic rings. The molecule has 0 unspecified atom stereocenters. The zero-order chi connectivity index (χ0) is 14.9. The quantitative estimate of drug-likeness (QED) is 0.743. The summed E-state index contributed by atoms with van der Waals surface area (Å²) in [6, 6.07) is 6.76. The lowest BCUT2D eigenvalue weighted by Crippen LogP contribution is -2.13. The van der Waals surface area contributed by atoms with Gasteiger partial charge in [-0.25, -0.2) is 4.39 Å². The average molecular weight is 378 g/mol. The van der Waals surface area contributed by atoms with Crippen LogP contribution in [0.2, 0.25) is 10.0 Å². The van der Waals surface area contributed by atoms with Crippen LogP contribution in [0.4, 0.5) is 15.8 Å². The predicted octanol–water partition coefficient (Wildman–Crippen LogP) is 4.73. The number of hydrogen-bond acceptors (Lipinski definition) is 2. The number of nitrogen functional groups attached to an aromatic ring is 1. The molecule has 104 valence electrons. The molecule has 2 rings (SSSR count). The van der Waals surface area contributed by atoms with E-state index in [0.717, 1.165) is 0 Å². The van der Waals surface area contributed by atoms with Gasteiger partial charge in [-0.15, -0.1) is 0 Å². The first-order valence-corrected chi connectivity index (χ1v) is 6.94. The Bertz CT molecular complexity index is 671. The minimum atomic E-state index is -0.428. The molecule has 0 aliphatic carbocycles. The maximum atomic E-state index is 13.0. The van der Waals surface area contributed by atoms with Gasteiger partial charge in [0.25, 0.3) is 5.91 Å². The molecule has 7 heteroatoms. The number of benzene rings is 2. The minimum Gasteiger partial charge on any atom is -0.397 e. The van der Waals surface area contributed by atoms with Crippen LogP contribution in [0, 0.1) is 5.82 Å². The van der Waals surface area contributed by atoms with Gasteiger partial charge in [-0.1, -0.05) is 23.2 Å². The van der Waals surface area contributed by atoms with Crippen molar-refractivity contribution in [1.82, 2.24) is 0 Å². The number of rotatable bonds is 2. The minimum absolute atomic E-state index is 0.190. The van der Waals surface area contributed by atoms with Crippen molar-refractivity contribution in [2.75, 3.05) is 11.1 Å². The molecule has 3 nitrogen and oxygen atoms in total. The second-order valence-corrected chi connectivity index (χ2v) is 5.58. The Balaban J connectivity index is 2.28. The monoisotopic (exact) mass is 376 g/mol. The maximum absolute atomic E-state index is 13.0. The van der Waals surface area contributed by atoms with Crippen LogP contribution >= 0.6 is 39.1 Å². The zero-order valence-corrected chi connectivity index (χ0v) is 13.0. The predicted molar refractivity (Wildman–Crippen MR) is 82.9 cm³/mol. The summed E-state index contributed by atoms with van der Waals surface area (Å²) in [4.78, 5) is 12.1. The number of carbonyl (C=O) groups is 1. The number of carbonyl (C=O) groups excluding carboxylic acids is 1. The summed E-state index contributed by atoms with van der Waals surface area (Å²) >= 11 is 14.8. The van der Waals surface area contributed by atoms with Gasteiger partial charge >= 0.3 is 0 Å². The van der Waals surface area contributed by atoms with Crippen LogP contribution in [0.15, 0.2) is 34.8 Å². The van der Waals surface area contributed by atoms with Crippen molar-refractivity contribution in [3.63, 3.8) is 0 Å². The largest absolute Gasteiger partial charge is 0.397 e. The lowest BCUT2D eigenvalue weighted by atomic mass is 10.2. The molecule has 1 amide bonds. The fourth-order valence-corrected chi connectivity index (χ4v) is 2.31. The van der Waals surface area contributed by atoms with E-state index in [-0.39, 0.29) is 21.3 Å². The van der Waals surface area contributed by atoms with Gasteiger partial charge in [-0.05, 0) is 46.3 Å². The Labute approximate surface area is 133 Å². The topological polar surface area (TPSA) is 55.1 Å². The third kappa shape index (κ3) is 3.23. The van der Waals surface area contributed by atoms with Crippen LogP contribution in [-0.4, -0.2) is 5.91 Å². The molecule has 0 radical (unpaired) electrons. The lowest BCUT2D eigenvalue weighted by Gasteiger charge is -2.09. The van der Waals surface area contributed by atoms with Crippen molar-refractivity contribution in [2.45, 2.75) is 0 Å². The SMILES string of the molecule is Nc1cc(C(=O)Nc2ccc(F)cc2Br)cc(Cl)c1Cl. The third-order valence-corrected chi connectivity index (χ3v) is 3.97. The van der Waals surface area contributed by atoms with Gasteiger partial charge in [0, 0.05) is 10.0 Å². The first kappa shape index (κ1) is 15.1. The zero-order valence-electron chi connectivity index (χ0n) is 9.88. The summed E-state index contributed by atoms with van der Waals surface area (Å²) in [7, 11) is 0. The number of anilines is 2. The Hall–Kier alpha value is -1.30. The highest BCUT2D eigenvalue weighted by molar-refractivity contribution is 9.10. The van der Waals surface area contributed by atoms with Gasteiger partial charge < -0.3 is 11.1 Å². The van der Waals surface area contributed by atoms with Crippen molar-refractivity contribution in [3.05, 3.63) is 56.2 Å². The van der Waals surface area contributed by atoms with Crippen LogP contribution in [-0.2, 0) is 0 Å². The Morgan fingerprint density at radius 1 is 1.25 bits per heavy atom. The standard InChI is InChI=1S/C13H8BrCl2FN2O/c14-8-5-7(17)1-2-11(8)19-13(20)6-3-9(15)12(16)10(18)4-6/h1-5H,18H2,(H,19,20). The van der Waals surface area contributed by atoms with Gasteiger partial charge in [0.2, 0.25) is 0 Å². The van der Waals surface area contributed by atoms with Crippen LogP contribution in [0.3, 0.4) is 0 Å². The molecule has 20 heavy (non-hydrogen) atoms. The van der Waals surface area contributed by atoms with Gasteiger partial charge in [0.1, 0.15) is 5.82 Å². The fraction of sp³-hybridized carbons (Fsp3) is 0. The average Bonchev–Trinajstić information content (AvgIpc) is 2.38. The number of hydrogen-bond donors (Lipinski definition) is 2. The van der Waals surface area contributed by atoms with Gasteiger partial charge in [-0.3, -0.25) is 4.79 Å².